The summed E-state index contributed by atoms with van der Waals surface area (Å²) >= 11 is 3.52. The molecule has 196 valence electrons. The van der Waals surface area contributed by atoms with Crippen molar-refractivity contribution in [2.24, 2.45) is 0 Å². The fourth-order valence-electron chi connectivity index (χ4n) is 4.55. The molecular formula is C31H25BrN2O5. The summed E-state index contributed by atoms with van der Waals surface area (Å²) in [5.74, 6) is -0.563. The van der Waals surface area contributed by atoms with Gasteiger partial charge in [-0.15, -0.1) is 0 Å². The molecule has 1 N–H and O–H groups in total. The number of nitrogens with one attached hydrogen (secondary N) is 1. The first kappa shape index (κ1) is 26.2. The van der Waals surface area contributed by atoms with Gasteiger partial charge in [-0.05, 0) is 83.3 Å². The quantitative estimate of drug-likeness (QED) is 0.207. The highest BCUT2D eigenvalue weighted by molar-refractivity contribution is 9.10. The molecule has 7 nitrogen and oxygen atoms in total. The van der Waals surface area contributed by atoms with Crippen molar-refractivity contribution < 1.29 is 23.9 Å². The van der Waals surface area contributed by atoms with Crippen LogP contribution in [0.3, 0.4) is 0 Å². The predicted molar refractivity (Wildman–Crippen MR) is 154 cm³/mol. The van der Waals surface area contributed by atoms with Crippen molar-refractivity contribution >= 4 is 56.3 Å². The van der Waals surface area contributed by atoms with Crippen LogP contribution in [0, 0.1) is 13.8 Å². The van der Waals surface area contributed by atoms with Gasteiger partial charge in [-0.1, -0.05) is 58.4 Å². The third-order valence-electron chi connectivity index (χ3n) is 6.36. The molecule has 0 radical (unpaired) electrons. The number of amides is 4. The van der Waals surface area contributed by atoms with Crippen molar-refractivity contribution in [2.45, 2.75) is 20.5 Å². The lowest BCUT2D eigenvalue weighted by Gasteiger charge is -2.27. The summed E-state index contributed by atoms with van der Waals surface area (Å²) in [6.07, 6.45) is 1.43. The summed E-state index contributed by atoms with van der Waals surface area (Å²) in [5.41, 5.74) is 3.50. The standard InChI is InChI=1S/C31H25BrN2O5/c1-18-10-19(2)12-24(11-18)34-30(36)25(29(35)33-31(34)37)14-23-15-27(38-3)28(16-26(23)32)39-17-20-8-9-21-6-4-5-7-22(21)13-20/h4-16H,17H2,1-3H3,(H,33,35,37)/b25-14+. The van der Waals surface area contributed by atoms with Crippen LogP contribution in [0.5, 0.6) is 11.5 Å². The first-order valence-electron chi connectivity index (χ1n) is 12.2. The Balaban J connectivity index is 1.43. The summed E-state index contributed by atoms with van der Waals surface area (Å²) in [4.78, 5) is 39.6. The average Bonchev–Trinajstić information content (AvgIpc) is 2.90. The number of imide groups is 2. The Morgan fingerprint density at radius 2 is 1.59 bits per heavy atom. The zero-order valence-corrected chi connectivity index (χ0v) is 23.2. The third kappa shape index (κ3) is 5.42. The van der Waals surface area contributed by atoms with Crippen LogP contribution >= 0.6 is 15.9 Å². The fraction of sp³-hybridized carbons (Fsp3) is 0.129. The van der Waals surface area contributed by atoms with Crippen LogP contribution in [0.25, 0.3) is 16.8 Å². The molecule has 0 aliphatic carbocycles. The number of hydrogen-bond donors (Lipinski definition) is 1. The summed E-state index contributed by atoms with van der Waals surface area (Å²) in [6.45, 7) is 4.07. The topological polar surface area (TPSA) is 84.9 Å². The Kier molecular flexibility index (Phi) is 7.21. The van der Waals surface area contributed by atoms with Crippen molar-refractivity contribution in [3.8, 4) is 11.5 Å². The van der Waals surface area contributed by atoms with Gasteiger partial charge in [0, 0.05) is 4.47 Å². The van der Waals surface area contributed by atoms with Crippen LogP contribution in [0.1, 0.15) is 22.3 Å². The van der Waals surface area contributed by atoms with Crippen LogP contribution in [-0.4, -0.2) is 25.0 Å². The molecule has 1 aliphatic heterocycles. The van der Waals surface area contributed by atoms with E-state index in [4.69, 9.17) is 9.47 Å². The summed E-state index contributed by atoms with van der Waals surface area (Å²) in [6, 6.07) is 22.2. The Morgan fingerprint density at radius 3 is 2.31 bits per heavy atom. The molecule has 1 heterocycles. The van der Waals surface area contributed by atoms with E-state index >= 15 is 0 Å². The number of ether oxygens (including phenoxy) is 2. The summed E-state index contributed by atoms with van der Waals surface area (Å²) < 4.78 is 12.2. The maximum Gasteiger partial charge on any atom is 0.335 e. The maximum atomic E-state index is 13.4. The van der Waals surface area contributed by atoms with Gasteiger partial charge in [0.15, 0.2) is 11.5 Å². The molecule has 4 amide bonds. The van der Waals surface area contributed by atoms with E-state index in [9.17, 15) is 14.4 Å². The number of nitrogens with zero attached hydrogens (tertiary/aromatic N) is 1. The van der Waals surface area contributed by atoms with Gasteiger partial charge < -0.3 is 9.47 Å². The highest BCUT2D eigenvalue weighted by Crippen LogP contribution is 2.36. The molecule has 4 aromatic carbocycles. The molecule has 1 fully saturated rings. The van der Waals surface area contributed by atoms with Crippen LogP contribution < -0.4 is 19.7 Å². The predicted octanol–water partition coefficient (Wildman–Crippen LogP) is 6.47. The Hall–Kier alpha value is -4.43. The van der Waals surface area contributed by atoms with E-state index in [1.54, 1.807) is 24.3 Å². The van der Waals surface area contributed by atoms with E-state index in [0.717, 1.165) is 32.4 Å². The Labute approximate surface area is 234 Å². The number of hydrogen-bond acceptors (Lipinski definition) is 5. The van der Waals surface area contributed by atoms with E-state index in [1.165, 1.54) is 13.2 Å². The molecule has 0 atom stereocenters. The van der Waals surface area contributed by atoms with Gasteiger partial charge >= 0.3 is 6.03 Å². The van der Waals surface area contributed by atoms with Gasteiger partial charge in [0.25, 0.3) is 11.8 Å². The van der Waals surface area contributed by atoms with Crippen LogP contribution in [0.4, 0.5) is 10.5 Å². The molecule has 0 spiro atoms. The maximum absolute atomic E-state index is 13.4. The normalized spacial score (nSPS) is 14.6. The lowest BCUT2D eigenvalue weighted by Crippen LogP contribution is -2.54. The minimum atomic E-state index is -0.791. The van der Waals surface area contributed by atoms with Gasteiger partial charge in [-0.25, -0.2) is 9.69 Å². The molecule has 0 bridgehead atoms. The summed E-state index contributed by atoms with van der Waals surface area (Å²) in [5, 5.41) is 4.54. The van der Waals surface area contributed by atoms with E-state index in [-0.39, 0.29) is 5.57 Å². The zero-order chi connectivity index (χ0) is 27.7. The first-order chi connectivity index (χ1) is 18.7. The first-order valence-corrected chi connectivity index (χ1v) is 13.0. The molecule has 5 rings (SSSR count). The van der Waals surface area contributed by atoms with Gasteiger partial charge in [0.2, 0.25) is 0 Å². The van der Waals surface area contributed by atoms with E-state index in [1.807, 2.05) is 38.1 Å². The van der Waals surface area contributed by atoms with Gasteiger partial charge in [-0.2, -0.15) is 0 Å². The van der Waals surface area contributed by atoms with E-state index in [0.29, 0.717) is 33.8 Å². The molecule has 4 aromatic rings. The second-order valence-electron chi connectivity index (χ2n) is 9.30. The molecule has 1 saturated heterocycles. The number of aryl methyl sites for hydroxylation is 2. The number of rotatable bonds is 6. The van der Waals surface area contributed by atoms with Crippen molar-refractivity contribution in [3.63, 3.8) is 0 Å². The largest absolute Gasteiger partial charge is 0.493 e. The van der Waals surface area contributed by atoms with Crippen LogP contribution in [0.2, 0.25) is 0 Å². The average molecular weight is 585 g/mol. The molecule has 39 heavy (non-hydrogen) atoms. The highest BCUT2D eigenvalue weighted by atomic mass is 79.9. The van der Waals surface area contributed by atoms with Gasteiger partial charge in [0.1, 0.15) is 12.2 Å². The number of methoxy groups -OCH3 is 1. The fourth-order valence-corrected chi connectivity index (χ4v) is 4.99. The number of halogens is 1. The number of anilines is 1. The highest BCUT2D eigenvalue weighted by Gasteiger charge is 2.37. The van der Waals surface area contributed by atoms with Gasteiger partial charge in [-0.3, -0.25) is 14.9 Å². The van der Waals surface area contributed by atoms with Crippen molar-refractivity contribution in [2.75, 3.05) is 12.0 Å². The SMILES string of the molecule is COc1cc(/C=C2\C(=O)NC(=O)N(c3cc(C)cc(C)c3)C2=O)c(Br)cc1OCc1ccc2ccccc2c1. The number of carbonyl (C=O) groups is 3. The van der Waals surface area contributed by atoms with E-state index < -0.39 is 17.8 Å². The smallest absolute Gasteiger partial charge is 0.335 e. The molecule has 0 unspecified atom stereocenters. The van der Waals surface area contributed by atoms with Crippen LogP contribution in [-0.2, 0) is 16.2 Å². The lowest BCUT2D eigenvalue weighted by atomic mass is 10.0. The second-order valence-corrected chi connectivity index (χ2v) is 10.2. The van der Waals surface area contributed by atoms with Crippen molar-refractivity contribution in [3.05, 3.63) is 105 Å². The molecule has 0 aromatic heterocycles. The monoisotopic (exact) mass is 584 g/mol. The Morgan fingerprint density at radius 1 is 0.872 bits per heavy atom. The molecule has 0 saturated carbocycles. The van der Waals surface area contributed by atoms with Crippen LogP contribution in [0.15, 0.2) is 82.8 Å². The molecule has 1 aliphatic rings. The lowest BCUT2D eigenvalue weighted by molar-refractivity contribution is -0.122. The minimum absolute atomic E-state index is 0.179. The molecule has 8 heteroatoms. The number of barbiturate groups is 1. The minimum Gasteiger partial charge on any atom is -0.493 e. The number of carbonyl (C=O) groups excluding carboxylic acids is 3. The van der Waals surface area contributed by atoms with Crippen molar-refractivity contribution in [1.82, 2.24) is 5.32 Å². The third-order valence-corrected chi connectivity index (χ3v) is 7.04. The van der Waals surface area contributed by atoms with E-state index in [2.05, 4.69) is 45.5 Å². The van der Waals surface area contributed by atoms with Gasteiger partial charge in [0.05, 0.1) is 12.8 Å². The summed E-state index contributed by atoms with van der Waals surface area (Å²) in [7, 11) is 1.52. The second kappa shape index (κ2) is 10.7. The number of benzene rings is 4. The van der Waals surface area contributed by atoms with Crippen molar-refractivity contribution in [1.29, 1.82) is 0 Å². The number of fused-ring (bicyclic) bond motifs is 1. The molecular weight excluding hydrogens is 560 g/mol. The number of urea groups is 1. The zero-order valence-electron chi connectivity index (χ0n) is 21.6. The Bertz CT molecular complexity index is 1660.